The van der Waals surface area contributed by atoms with Gasteiger partial charge in [0.2, 0.25) is 0 Å². The Balaban J connectivity index is 1.95. The maximum atomic E-state index is 13.5. The van der Waals surface area contributed by atoms with Crippen LogP contribution in [0.2, 0.25) is 0 Å². The van der Waals surface area contributed by atoms with E-state index in [1.807, 2.05) is 0 Å². The lowest BCUT2D eigenvalue weighted by atomic mass is 10.0. The van der Waals surface area contributed by atoms with Crippen molar-refractivity contribution in [2.75, 3.05) is 19.0 Å². The van der Waals surface area contributed by atoms with E-state index < -0.39 is 5.82 Å². The van der Waals surface area contributed by atoms with Gasteiger partial charge in [-0.3, -0.25) is 4.79 Å². The molecule has 1 saturated carbocycles. The Morgan fingerprint density at radius 2 is 2.26 bits per heavy atom. The molecule has 1 N–H and O–H groups in total. The van der Waals surface area contributed by atoms with Crippen LogP contribution in [0.3, 0.4) is 0 Å². The van der Waals surface area contributed by atoms with Crippen LogP contribution in [0.5, 0.6) is 5.75 Å². The van der Waals surface area contributed by atoms with Crippen LogP contribution in [0, 0.1) is 11.2 Å². The van der Waals surface area contributed by atoms with E-state index in [0.29, 0.717) is 12.1 Å². The van der Waals surface area contributed by atoms with Crippen LogP contribution in [0.15, 0.2) is 18.2 Å². The molecular weight excluding hydrogens is 313 g/mol. The molecule has 0 spiro atoms. The van der Waals surface area contributed by atoms with Gasteiger partial charge in [0.05, 0.1) is 7.11 Å². The number of methoxy groups -OCH3 is 1. The summed E-state index contributed by atoms with van der Waals surface area (Å²) in [5, 5.41) is 3.83. The monoisotopic (exact) mass is 329 g/mol. The lowest BCUT2D eigenvalue weighted by molar-refractivity contribution is 0.0944. The van der Waals surface area contributed by atoms with E-state index in [4.69, 9.17) is 4.74 Å². The summed E-state index contributed by atoms with van der Waals surface area (Å²) >= 11 is 3.43. The van der Waals surface area contributed by atoms with Gasteiger partial charge in [0.25, 0.3) is 5.91 Å². The minimum absolute atomic E-state index is 0.148. The average Bonchev–Trinajstić information content (AvgIpc) is 3.16. The van der Waals surface area contributed by atoms with Gasteiger partial charge < -0.3 is 10.1 Å². The van der Waals surface area contributed by atoms with Crippen LogP contribution in [0.4, 0.5) is 4.39 Å². The fourth-order valence-corrected chi connectivity index (χ4v) is 2.91. The molecule has 5 heteroatoms. The van der Waals surface area contributed by atoms with Gasteiger partial charge in [-0.1, -0.05) is 15.9 Å². The highest BCUT2D eigenvalue weighted by Gasteiger charge is 2.41. The fraction of sp³-hybridized carbons (Fsp3) is 0.500. The first-order chi connectivity index (χ1) is 9.10. The molecule has 0 bridgehead atoms. The highest BCUT2D eigenvalue weighted by Crippen LogP contribution is 2.48. The highest BCUT2D eigenvalue weighted by atomic mass is 79.9. The largest absolute Gasteiger partial charge is 0.494 e. The molecule has 2 rings (SSSR count). The van der Waals surface area contributed by atoms with Crippen LogP contribution in [0.25, 0.3) is 0 Å². The molecule has 1 aromatic carbocycles. The number of hydrogen-bond donors (Lipinski definition) is 1. The molecule has 1 aliphatic rings. The summed E-state index contributed by atoms with van der Waals surface area (Å²) in [6, 6.07) is 4.25. The van der Waals surface area contributed by atoms with Crippen LogP contribution < -0.4 is 10.1 Å². The van der Waals surface area contributed by atoms with Crippen molar-refractivity contribution in [2.45, 2.75) is 19.3 Å². The predicted molar refractivity (Wildman–Crippen MR) is 75.4 cm³/mol. The number of amides is 1. The van der Waals surface area contributed by atoms with Gasteiger partial charge in [0.1, 0.15) is 0 Å². The molecule has 0 atom stereocenters. The quantitative estimate of drug-likeness (QED) is 0.814. The van der Waals surface area contributed by atoms with Crippen molar-refractivity contribution in [3.05, 3.63) is 29.6 Å². The van der Waals surface area contributed by atoms with Crippen LogP contribution >= 0.6 is 15.9 Å². The van der Waals surface area contributed by atoms with Crippen molar-refractivity contribution in [2.24, 2.45) is 5.41 Å². The summed E-state index contributed by atoms with van der Waals surface area (Å²) in [5.41, 5.74) is 0.581. The van der Waals surface area contributed by atoms with E-state index in [9.17, 15) is 9.18 Å². The number of nitrogens with one attached hydrogen (secondary N) is 1. The second-order valence-electron chi connectivity index (χ2n) is 4.97. The first-order valence-corrected chi connectivity index (χ1v) is 7.40. The summed E-state index contributed by atoms with van der Waals surface area (Å²) in [4.78, 5) is 11.9. The molecule has 1 aliphatic carbocycles. The average molecular weight is 330 g/mol. The van der Waals surface area contributed by atoms with Crippen molar-refractivity contribution < 1.29 is 13.9 Å². The molecule has 3 nitrogen and oxygen atoms in total. The van der Waals surface area contributed by atoms with Crippen molar-refractivity contribution in [3.8, 4) is 5.75 Å². The number of carbonyl (C=O) groups excluding carboxylic acids is 1. The summed E-state index contributed by atoms with van der Waals surface area (Å²) in [6.45, 7) is 0.658. The van der Waals surface area contributed by atoms with Gasteiger partial charge in [0, 0.05) is 17.4 Å². The number of hydrogen-bond acceptors (Lipinski definition) is 2. The standard InChI is InChI=1S/C14H17BrFNO2/c1-19-12-3-2-10(8-11(12)16)13(18)17-9-14(4-5-14)6-7-15/h2-3,8H,4-7,9H2,1H3,(H,17,18). The second-order valence-corrected chi connectivity index (χ2v) is 5.76. The van der Waals surface area contributed by atoms with E-state index in [0.717, 1.165) is 24.6 Å². The van der Waals surface area contributed by atoms with Gasteiger partial charge in [0.15, 0.2) is 11.6 Å². The third-order valence-electron chi connectivity index (χ3n) is 3.62. The third kappa shape index (κ3) is 3.47. The molecule has 0 radical (unpaired) electrons. The zero-order valence-corrected chi connectivity index (χ0v) is 12.4. The van der Waals surface area contributed by atoms with E-state index in [1.165, 1.54) is 19.2 Å². The molecule has 0 aliphatic heterocycles. The molecule has 1 fully saturated rings. The number of halogens is 2. The molecule has 0 unspecified atom stereocenters. The van der Waals surface area contributed by atoms with Gasteiger partial charge in [-0.05, 0) is 42.9 Å². The first-order valence-electron chi connectivity index (χ1n) is 6.28. The van der Waals surface area contributed by atoms with E-state index in [2.05, 4.69) is 21.2 Å². The number of alkyl halides is 1. The summed E-state index contributed by atoms with van der Waals surface area (Å²) in [6.07, 6.45) is 3.36. The van der Waals surface area contributed by atoms with Crippen LogP contribution in [-0.4, -0.2) is 24.9 Å². The molecule has 1 amide bonds. The Labute approximate surface area is 120 Å². The number of carbonyl (C=O) groups is 1. The predicted octanol–water partition coefficient (Wildman–Crippen LogP) is 3.13. The first kappa shape index (κ1) is 14.3. The molecule has 0 aromatic heterocycles. The maximum Gasteiger partial charge on any atom is 0.251 e. The minimum atomic E-state index is -0.517. The van der Waals surface area contributed by atoms with E-state index in [-0.39, 0.29) is 17.1 Å². The fourth-order valence-electron chi connectivity index (χ4n) is 2.07. The number of ether oxygens (including phenoxy) is 1. The maximum absolute atomic E-state index is 13.5. The zero-order chi connectivity index (χ0) is 13.9. The highest BCUT2D eigenvalue weighted by molar-refractivity contribution is 9.09. The van der Waals surface area contributed by atoms with Crippen molar-refractivity contribution in [1.82, 2.24) is 5.32 Å². The normalized spacial score (nSPS) is 15.9. The van der Waals surface area contributed by atoms with Gasteiger partial charge in [-0.15, -0.1) is 0 Å². The molecule has 19 heavy (non-hydrogen) atoms. The minimum Gasteiger partial charge on any atom is -0.494 e. The second kappa shape index (κ2) is 5.90. The third-order valence-corrected chi connectivity index (χ3v) is 4.02. The van der Waals surface area contributed by atoms with Crippen molar-refractivity contribution in [1.29, 1.82) is 0 Å². The van der Waals surface area contributed by atoms with Crippen molar-refractivity contribution >= 4 is 21.8 Å². The van der Waals surface area contributed by atoms with Crippen LogP contribution in [-0.2, 0) is 0 Å². The summed E-state index contributed by atoms with van der Waals surface area (Å²) in [5.74, 6) is -0.603. The van der Waals surface area contributed by atoms with Gasteiger partial charge in [-0.25, -0.2) is 4.39 Å². The summed E-state index contributed by atoms with van der Waals surface area (Å²) < 4.78 is 18.3. The lowest BCUT2D eigenvalue weighted by Gasteiger charge is -2.14. The Kier molecular flexibility index (Phi) is 4.45. The van der Waals surface area contributed by atoms with Gasteiger partial charge >= 0.3 is 0 Å². The molecule has 104 valence electrons. The number of benzene rings is 1. The van der Waals surface area contributed by atoms with E-state index in [1.54, 1.807) is 6.07 Å². The van der Waals surface area contributed by atoms with Crippen LogP contribution in [0.1, 0.15) is 29.6 Å². The van der Waals surface area contributed by atoms with E-state index >= 15 is 0 Å². The Bertz CT molecular complexity index is 475. The van der Waals surface area contributed by atoms with Crippen molar-refractivity contribution in [3.63, 3.8) is 0 Å². The summed E-state index contributed by atoms with van der Waals surface area (Å²) in [7, 11) is 1.40. The van der Waals surface area contributed by atoms with Gasteiger partial charge in [-0.2, -0.15) is 0 Å². The smallest absolute Gasteiger partial charge is 0.251 e. The topological polar surface area (TPSA) is 38.3 Å². The zero-order valence-electron chi connectivity index (χ0n) is 10.8. The Morgan fingerprint density at radius 3 is 2.79 bits per heavy atom. The molecule has 0 saturated heterocycles. The SMILES string of the molecule is COc1ccc(C(=O)NCC2(CCBr)CC2)cc1F. The molecule has 0 heterocycles. The Hall–Kier alpha value is -1.10. The lowest BCUT2D eigenvalue weighted by Crippen LogP contribution is -2.30. The Morgan fingerprint density at radius 1 is 1.53 bits per heavy atom. The molecule has 1 aromatic rings. The number of rotatable bonds is 6. The molecular formula is C14H17BrFNO2.